The summed E-state index contributed by atoms with van der Waals surface area (Å²) in [7, 11) is 0. The van der Waals surface area contributed by atoms with E-state index in [1.807, 2.05) is 0 Å². The first-order valence-electron chi connectivity index (χ1n) is 5.31. The first-order chi connectivity index (χ1) is 7.61. The van der Waals surface area contributed by atoms with E-state index in [4.69, 9.17) is 11.6 Å². The molecule has 1 aliphatic carbocycles. The molecule has 1 aromatic carbocycles. The molecule has 0 bridgehead atoms. The number of allylic oxidation sites excluding steroid dienone is 2. The molecule has 0 saturated carbocycles. The van der Waals surface area contributed by atoms with Gasteiger partial charge in [-0.05, 0) is 59.2 Å². The summed E-state index contributed by atoms with van der Waals surface area (Å²) in [5, 5.41) is -0.498. The SMILES string of the molecule is CCC1C/C(=C/C(=O)Cl)c2cc(F)ccc21. The summed E-state index contributed by atoms with van der Waals surface area (Å²) in [6.45, 7) is 2.09. The molecule has 0 spiro atoms. The van der Waals surface area contributed by atoms with Crippen LogP contribution in [0.1, 0.15) is 36.8 Å². The normalized spacial score (nSPS) is 21.2. The molecule has 84 valence electrons. The number of halogens is 2. The van der Waals surface area contributed by atoms with Crippen LogP contribution in [0.4, 0.5) is 4.39 Å². The molecule has 1 atom stereocenters. The summed E-state index contributed by atoms with van der Waals surface area (Å²) in [6, 6.07) is 4.75. The van der Waals surface area contributed by atoms with Gasteiger partial charge in [-0.15, -0.1) is 0 Å². The highest BCUT2D eigenvalue weighted by molar-refractivity contribution is 6.67. The van der Waals surface area contributed by atoms with Crippen LogP contribution in [0.3, 0.4) is 0 Å². The van der Waals surface area contributed by atoms with Crippen LogP contribution < -0.4 is 0 Å². The maximum Gasteiger partial charge on any atom is 0.245 e. The van der Waals surface area contributed by atoms with E-state index in [0.29, 0.717) is 5.92 Å². The molecule has 0 heterocycles. The lowest BCUT2D eigenvalue weighted by Crippen LogP contribution is -1.90. The Balaban J connectivity index is 2.51. The van der Waals surface area contributed by atoms with Gasteiger partial charge in [0.1, 0.15) is 5.82 Å². The number of hydrogen-bond acceptors (Lipinski definition) is 1. The minimum atomic E-state index is -0.498. The van der Waals surface area contributed by atoms with Crippen molar-refractivity contribution in [2.75, 3.05) is 0 Å². The van der Waals surface area contributed by atoms with Gasteiger partial charge in [0.15, 0.2) is 0 Å². The number of fused-ring (bicyclic) bond motifs is 1. The van der Waals surface area contributed by atoms with Gasteiger partial charge in [-0.3, -0.25) is 4.79 Å². The van der Waals surface area contributed by atoms with Gasteiger partial charge in [-0.2, -0.15) is 0 Å². The molecule has 0 fully saturated rings. The van der Waals surface area contributed by atoms with Crippen LogP contribution in [-0.4, -0.2) is 5.24 Å². The summed E-state index contributed by atoms with van der Waals surface area (Å²) in [5.74, 6) is 0.0984. The van der Waals surface area contributed by atoms with E-state index in [9.17, 15) is 9.18 Å². The molecule has 0 aromatic heterocycles. The Hall–Kier alpha value is -1.15. The largest absolute Gasteiger partial charge is 0.276 e. The molecule has 0 amide bonds. The molecule has 2 rings (SSSR count). The van der Waals surface area contributed by atoms with Crippen molar-refractivity contribution < 1.29 is 9.18 Å². The van der Waals surface area contributed by atoms with Gasteiger partial charge < -0.3 is 0 Å². The van der Waals surface area contributed by atoms with Crippen molar-refractivity contribution in [3.05, 3.63) is 41.2 Å². The van der Waals surface area contributed by atoms with Crippen LogP contribution in [0.25, 0.3) is 5.57 Å². The number of benzene rings is 1. The van der Waals surface area contributed by atoms with Crippen LogP contribution in [0.15, 0.2) is 24.3 Å². The maximum atomic E-state index is 13.2. The van der Waals surface area contributed by atoms with Gasteiger partial charge in [0.05, 0.1) is 0 Å². The van der Waals surface area contributed by atoms with Crippen LogP contribution in [0, 0.1) is 5.82 Å². The fourth-order valence-electron chi connectivity index (χ4n) is 2.29. The maximum absolute atomic E-state index is 13.2. The predicted octanol–water partition coefficient (Wildman–Crippen LogP) is 3.87. The van der Waals surface area contributed by atoms with E-state index in [1.165, 1.54) is 18.2 Å². The Labute approximate surface area is 98.9 Å². The van der Waals surface area contributed by atoms with Crippen LogP contribution in [-0.2, 0) is 4.79 Å². The molecule has 1 nitrogen and oxygen atoms in total. The highest BCUT2D eigenvalue weighted by Gasteiger charge is 2.25. The highest BCUT2D eigenvalue weighted by Crippen LogP contribution is 2.42. The lowest BCUT2D eigenvalue weighted by molar-refractivity contribution is -0.107. The third-order valence-electron chi connectivity index (χ3n) is 3.05. The number of carbonyl (C=O) groups excluding carboxylic acids is 1. The Morgan fingerprint density at radius 1 is 1.62 bits per heavy atom. The van der Waals surface area contributed by atoms with E-state index in [0.717, 1.165) is 29.5 Å². The average Bonchev–Trinajstić information content (AvgIpc) is 2.55. The molecule has 0 N–H and O–H groups in total. The van der Waals surface area contributed by atoms with Gasteiger partial charge in [-0.25, -0.2) is 4.39 Å². The Bertz CT molecular complexity index is 465. The molecule has 1 unspecified atom stereocenters. The van der Waals surface area contributed by atoms with Crippen LogP contribution >= 0.6 is 11.6 Å². The first-order valence-corrected chi connectivity index (χ1v) is 5.69. The molecular weight excluding hydrogens is 227 g/mol. The second-order valence-corrected chi connectivity index (χ2v) is 4.39. The fraction of sp³-hybridized carbons (Fsp3) is 0.308. The zero-order valence-corrected chi connectivity index (χ0v) is 9.72. The third kappa shape index (κ3) is 2.03. The van der Waals surface area contributed by atoms with Crippen molar-refractivity contribution in [2.45, 2.75) is 25.7 Å². The summed E-state index contributed by atoms with van der Waals surface area (Å²) in [5.41, 5.74) is 2.80. The van der Waals surface area contributed by atoms with Gasteiger partial charge in [0, 0.05) is 6.08 Å². The average molecular weight is 239 g/mol. The monoisotopic (exact) mass is 238 g/mol. The van der Waals surface area contributed by atoms with E-state index in [1.54, 1.807) is 6.07 Å². The van der Waals surface area contributed by atoms with Crippen molar-refractivity contribution in [3.63, 3.8) is 0 Å². The predicted molar refractivity (Wildman–Crippen MR) is 62.9 cm³/mol. The summed E-state index contributed by atoms with van der Waals surface area (Å²) in [4.78, 5) is 10.9. The summed E-state index contributed by atoms with van der Waals surface area (Å²) < 4.78 is 13.2. The van der Waals surface area contributed by atoms with Crippen molar-refractivity contribution in [1.29, 1.82) is 0 Å². The second-order valence-electron chi connectivity index (χ2n) is 4.01. The van der Waals surface area contributed by atoms with E-state index < -0.39 is 5.24 Å². The molecular formula is C13H12ClFO. The first kappa shape index (κ1) is 11.3. The Kier molecular flexibility index (Phi) is 3.10. The minimum Gasteiger partial charge on any atom is -0.276 e. The topological polar surface area (TPSA) is 17.1 Å². The smallest absolute Gasteiger partial charge is 0.245 e. The number of carbonyl (C=O) groups is 1. The third-order valence-corrected chi connectivity index (χ3v) is 3.16. The lowest BCUT2D eigenvalue weighted by Gasteiger charge is -2.06. The van der Waals surface area contributed by atoms with Crippen molar-refractivity contribution in [2.24, 2.45) is 0 Å². The minimum absolute atomic E-state index is 0.275. The van der Waals surface area contributed by atoms with E-state index in [2.05, 4.69) is 6.92 Å². The fourth-order valence-corrected chi connectivity index (χ4v) is 2.42. The number of rotatable bonds is 2. The van der Waals surface area contributed by atoms with Gasteiger partial charge in [-0.1, -0.05) is 13.0 Å². The van der Waals surface area contributed by atoms with Crippen LogP contribution in [0.5, 0.6) is 0 Å². The Morgan fingerprint density at radius 3 is 3.00 bits per heavy atom. The molecule has 1 aromatic rings. The van der Waals surface area contributed by atoms with Crippen molar-refractivity contribution in [1.82, 2.24) is 0 Å². The molecule has 3 heteroatoms. The molecule has 16 heavy (non-hydrogen) atoms. The number of hydrogen-bond donors (Lipinski definition) is 0. The van der Waals surface area contributed by atoms with Gasteiger partial charge in [0.2, 0.25) is 5.24 Å². The summed E-state index contributed by atoms with van der Waals surface area (Å²) in [6.07, 6.45) is 3.15. The molecule has 0 radical (unpaired) electrons. The quantitative estimate of drug-likeness (QED) is 0.565. The van der Waals surface area contributed by atoms with Gasteiger partial charge in [0.25, 0.3) is 0 Å². The zero-order chi connectivity index (χ0) is 11.7. The van der Waals surface area contributed by atoms with Crippen molar-refractivity contribution in [3.8, 4) is 0 Å². The molecule has 0 saturated heterocycles. The van der Waals surface area contributed by atoms with E-state index in [-0.39, 0.29) is 5.82 Å². The summed E-state index contributed by atoms with van der Waals surface area (Å²) >= 11 is 5.35. The molecule has 0 aliphatic heterocycles. The molecule has 1 aliphatic rings. The second kappa shape index (κ2) is 4.38. The zero-order valence-electron chi connectivity index (χ0n) is 8.97. The highest BCUT2D eigenvalue weighted by atomic mass is 35.5. The standard InChI is InChI=1S/C13H12ClFO/c1-2-8-5-9(6-13(14)16)12-7-10(15)3-4-11(8)12/h3-4,6-8H,2,5H2,1H3/b9-6-. The van der Waals surface area contributed by atoms with Gasteiger partial charge >= 0.3 is 0 Å². The van der Waals surface area contributed by atoms with Crippen LogP contribution in [0.2, 0.25) is 0 Å². The van der Waals surface area contributed by atoms with E-state index >= 15 is 0 Å². The lowest BCUT2D eigenvalue weighted by atomic mass is 9.99. The van der Waals surface area contributed by atoms with Crippen molar-refractivity contribution >= 4 is 22.4 Å². The Morgan fingerprint density at radius 2 is 2.38 bits per heavy atom.